The minimum absolute atomic E-state index is 0.313. The molecule has 0 aliphatic heterocycles. The summed E-state index contributed by atoms with van der Waals surface area (Å²) in [6.07, 6.45) is 1.54. The van der Waals surface area contributed by atoms with Gasteiger partial charge in [-0.2, -0.15) is 0 Å². The number of rotatable bonds is 5. The average molecular weight is 334 g/mol. The van der Waals surface area contributed by atoms with Crippen LogP contribution in [0.15, 0.2) is 17.8 Å². The number of nitrogens with one attached hydrogen (secondary N) is 1. The summed E-state index contributed by atoms with van der Waals surface area (Å²) < 4.78 is 6.04. The van der Waals surface area contributed by atoms with E-state index in [2.05, 4.69) is 20.3 Å². The maximum absolute atomic E-state index is 11.8. The molecule has 0 amide bonds. The zero-order valence-corrected chi connectivity index (χ0v) is 13.8. The number of nitrogens with zero attached hydrogens (tertiary/aromatic N) is 3. The summed E-state index contributed by atoms with van der Waals surface area (Å²) in [5, 5.41) is 6.06. The van der Waals surface area contributed by atoms with Crippen molar-refractivity contribution in [2.75, 3.05) is 11.9 Å². The summed E-state index contributed by atoms with van der Waals surface area (Å²) in [5.74, 6) is 0.469. The van der Waals surface area contributed by atoms with Gasteiger partial charge in [-0.15, -0.1) is 22.7 Å². The van der Waals surface area contributed by atoms with E-state index in [0.717, 1.165) is 21.0 Å². The van der Waals surface area contributed by atoms with Crippen LogP contribution >= 0.6 is 22.7 Å². The molecule has 0 aliphatic rings. The predicted octanol–water partition coefficient (Wildman–Crippen LogP) is 3.25. The predicted molar refractivity (Wildman–Crippen MR) is 87.5 cm³/mol. The third-order valence-electron chi connectivity index (χ3n) is 2.95. The summed E-state index contributed by atoms with van der Waals surface area (Å²) in [4.78, 5) is 25.2. The zero-order valence-electron chi connectivity index (χ0n) is 12.1. The van der Waals surface area contributed by atoms with Crippen molar-refractivity contribution < 1.29 is 9.53 Å². The lowest BCUT2D eigenvalue weighted by Gasteiger charge is -2.03. The Kier molecular flexibility index (Phi) is 4.30. The lowest BCUT2D eigenvalue weighted by atomic mass is 10.4. The van der Waals surface area contributed by atoms with Crippen LogP contribution in [0.1, 0.15) is 27.3 Å². The standard InChI is InChI=1S/C14H14N4O2S2/c1-3-20-14(19)11-8(2)18-10(22-11)6-15-13-12-9(4-5-21-12)16-7-17-13/h4-5,7H,3,6H2,1-2H3,(H,15,16,17). The number of aromatic nitrogens is 3. The van der Waals surface area contributed by atoms with Gasteiger partial charge in [0.15, 0.2) is 0 Å². The topological polar surface area (TPSA) is 77.0 Å². The molecule has 0 aromatic carbocycles. The van der Waals surface area contributed by atoms with Crippen LogP contribution in [0.2, 0.25) is 0 Å². The van der Waals surface area contributed by atoms with Gasteiger partial charge in [-0.25, -0.2) is 19.7 Å². The number of anilines is 1. The highest BCUT2D eigenvalue weighted by molar-refractivity contribution is 7.17. The van der Waals surface area contributed by atoms with Crippen molar-refractivity contribution in [3.63, 3.8) is 0 Å². The zero-order chi connectivity index (χ0) is 15.5. The maximum Gasteiger partial charge on any atom is 0.350 e. The van der Waals surface area contributed by atoms with E-state index < -0.39 is 0 Å². The van der Waals surface area contributed by atoms with Gasteiger partial charge in [0, 0.05) is 0 Å². The van der Waals surface area contributed by atoms with E-state index in [1.54, 1.807) is 18.3 Å². The first-order valence-corrected chi connectivity index (χ1v) is 8.44. The van der Waals surface area contributed by atoms with Gasteiger partial charge >= 0.3 is 5.97 Å². The van der Waals surface area contributed by atoms with E-state index in [-0.39, 0.29) is 5.97 Å². The fraction of sp³-hybridized carbons (Fsp3) is 0.286. The number of carbonyl (C=O) groups is 1. The highest BCUT2D eigenvalue weighted by atomic mass is 32.1. The monoisotopic (exact) mass is 334 g/mol. The summed E-state index contributed by atoms with van der Waals surface area (Å²) in [6.45, 7) is 4.47. The van der Waals surface area contributed by atoms with Gasteiger partial charge in [-0.05, 0) is 25.3 Å². The molecule has 3 rings (SSSR count). The van der Waals surface area contributed by atoms with Crippen LogP contribution in [-0.2, 0) is 11.3 Å². The van der Waals surface area contributed by atoms with Crippen molar-refractivity contribution in [1.29, 1.82) is 0 Å². The van der Waals surface area contributed by atoms with Crippen LogP contribution < -0.4 is 5.32 Å². The quantitative estimate of drug-likeness (QED) is 0.722. The number of hydrogen-bond acceptors (Lipinski definition) is 8. The first kappa shape index (κ1) is 14.9. The molecule has 0 aliphatic carbocycles. The number of thiazole rings is 1. The van der Waals surface area contributed by atoms with Gasteiger partial charge < -0.3 is 10.1 Å². The number of hydrogen-bond donors (Lipinski definition) is 1. The number of thiophene rings is 1. The summed E-state index contributed by atoms with van der Waals surface area (Å²) in [7, 11) is 0. The van der Waals surface area contributed by atoms with E-state index in [9.17, 15) is 4.79 Å². The van der Waals surface area contributed by atoms with Gasteiger partial charge in [-0.1, -0.05) is 0 Å². The molecular weight excluding hydrogens is 320 g/mol. The third-order valence-corrected chi connectivity index (χ3v) is 5.00. The molecule has 3 aromatic heterocycles. The number of fused-ring (bicyclic) bond motifs is 1. The fourth-order valence-electron chi connectivity index (χ4n) is 1.99. The van der Waals surface area contributed by atoms with Gasteiger partial charge in [0.25, 0.3) is 0 Å². The maximum atomic E-state index is 11.8. The Morgan fingerprint density at radius 3 is 3.09 bits per heavy atom. The number of aryl methyl sites for hydroxylation is 1. The molecule has 1 N–H and O–H groups in total. The first-order chi connectivity index (χ1) is 10.7. The fourth-order valence-corrected chi connectivity index (χ4v) is 3.70. The van der Waals surface area contributed by atoms with Gasteiger partial charge in [-0.3, -0.25) is 0 Å². The molecular formula is C14H14N4O2S2. The van der Waals surface area contributed by atoms with Crippen LogP contribution in [0.25, 0.3) is 10.2 Å². The highest BCUT2D eigenvalue weighted by Crippen LogP contribution is 2.26. The van der Waals surface area contributed by atoms with Crippen molar-refractivity contribution in [2.24, 2.45) is 0 Å². The second kappa shape index (κ2) is 6.37. The molecule has 0 saturated carbocycles. The Labute approximate surface area is 135 Å². The molecule has 0 fully saturated rings. The van der Waals surface area contributed by atoms with E-state index in [0.29, 0.717) is 23.7 Å². The minimum Gasteiger partial charge on any atom is -0.462 e. The molecule has 0 atom stereocenters. The third kappa shape index (κ3) is 2.93. The molecule has 0 radical (unpaired) electrons. The Balaban J connectivity index is 1.75. The largest absolute Gasteiger partial charge is 0.462 e. The Morgan fingerprint density at radius 2 is 2.27 bits per heavy atom. The molecule has 3 aromatic rings. The number of ether oxygens (including phenoxy) is 1. The highest BCUT2D eigenvalue weighted by Gasteiger charge is 2.16. The van der Waals surface area contributed by atoms with Crippen molar-refractivity contribution in [1.82, 2.24) is 15.0 Å². The van der Waals surface area contributed by atoms with E-state index >= 15 is 0 Å². The summed E-state index contributed by atoms with van der Waals surface area (Å²) >= 11 is 2.94. The van der Waals surface area contributed by atoms with Crippen LogP contribution in [0, 0.1) is 6.92 Å². The van der Waals surface area contributed by atoms with Gasteiger partial charge in [0.2, 0.25) is 0 Å². The second-order valence-corrected chi connectivity index (χ2v) is 6.45. The lowest BCUT2D eigenvalue weighted by molar-refractivity contribution is 0.0531. The second-order valence-electron chi connectivity index (χ2n) is 4.45. The Bertz CT molecular complexity index is 812. The molecule has 22 heavy (non-hydrogen) atoms. The van der Waals surface area contributed by atoms with Crippen LogP contribution in [0.3, 0.4) is 0 Å². The first-order valence-electron chi connectivity index (χ1n) is 6.74. The lowest BCUT2D eigenvalue weighted by Crippen LogP contribution is -2.03. The van der Waals surface area contributed by atoms with Gasteiger partial charge in [0.05, 0.1) is 29.1 Å². The Hall–Kier alpha value is -2.06. The molecule has 0 unspecified atom stereocenters. The molecule has 6 nitrogen and oxygen atoms in total. The van der Waals surface area contributed by atoms with Crippen molar-refractivity contribution >= 4 is 44.7 Å². The summed E-state index contributed by atoms with van der Waals surface area (Å²) in [6, 6.07) is 1.96. The van der Waals surface area contributed by atoms with E-state index in [4.69, 9.17) is 4.74 Å². The Morgan fingerprint density at radius 1 is 1.41 bits per heavy atom. The normalized spacial score (nSPS) is 10.8. The molecule has 0 spiro atoms. The van der Waals surface area contributed by atoms with Gasteiger partial charge in [0.1, 0.15) is 22.0 Å². The van der Waals surface area contributed by atoms with E-state index in [1.807, 2.05) is 18.4 Å². The van der Waals surface area contributed by atoms with Crippen LogP contribution in [-0.4, -0.2) is 27.5 Å². The SMILES string of the molecule is CCOC(=O)c1sc(CNc2ncnc3ccsc23)nc1C. The molecule has 0 saturated heterocycles. The molecule has 0 bridgehead atoms. The van der Waals surface area contributed by atoms with Crippen LogP contribution in [0.4, 0.5) is 5.82 Å². The van der Waals surface area contributed by atoms with Crippen LogP contribution in [0.5, 0.6) is 0 Å². The van der Waals surface area contributed by atoms with E-state index in [1.165, 1.54) is 17.7 Å². The minimum atomic E-state index is -0.313. The molecule has 3 heterocycles. The molecule has 8 heteroatoms. The average Bonchev–Trinajstić information content (AvgIpc) is 3.11. The summed E-state index contributed by atoms with van der Waals surface area (Å²) in [5.41, 5.74) is 1.62. The smallest absolute Gasteiger partial charge is 0.350 e. The van der Waals surface area contributed by atoms with Crippen molar-refractivity contribution in [3.8, 4) is 0 Å². The van der Waals surface area contributed by atoms with Crippen molar-refractivity contribution in [3.05, 3.63) is 33.4 Å². The number of esters is 1. The number of carbonyl (C=O) groups excluding carboxylic acids is 1. The van der Waals surface area contributed by atoms with Crippen molar-refractivity contribution in [2.45, 2.75) is 20.4 Å². The molecule has 114 valence electrons.